The van der Waals surface area contributed by atoms with Crippen molar-refractivity contribution >= 4 is 17.9 Å². The number of quaternary nitrogens is 1. The third-order valence-corrected chi connectivity index (χ3v) is 11.3. The largest absolute Gasteiger partial charge is 0.477 e. The fourth-order valence-electron chi connectivity index (χ4n) is 7.35. The van der Waals surface area contributed by atoms with Crippen LogP contribution in [0.25, 0.3) is 0 Å². The predicted molar refractivity (Wildman–Crippen MR) is 270 cm³/mol. The second kappa shape index (κ2) is 46.3. The molecule has 0 spiro atoms. The molecule has 0 aromatic rings. The van der Waals surface area contributed by atoms with Crippen molar-refractivity contribution in [3.05, 3.63) is 72.9 Å². The number of allylic oxidation sites excluding steroid dienone is 12. The quantitative estimate of drug-likeness (QED) is 0.0281. The first-order chi connectivity index (χ1) is 31.1. The number of carboxylic acid groups (broad SMARTS) is 1. The van der Waals surface area contributed by atoms with Gasteiger partial charge in [-0.1, -0.05) is 183 Å². The van der Waals surface area contributed by atoms with E-state index in [1.165, 1.54) is 103 Å². The summed E-state index contributed by atoms with van der Waals surface area (Å²) in [6.45, 7) is 4.60. The number of hydrogen-bond acceptors (Lipinski definition) is 6. The standard InChI is InChI=1S/C56H97NO7/c1-6-8-10-12-14-16-18-20-22-24-26-27-29-31-33-35-37-39-41-43-45-47-55(59)64-52(50-62-49-48-53(56(60)61)57(3,4)5)51-63-54(58)46-44-42-40-38-36-34-32-30-28-25-23-21-19-17-15-13-11-9-7-2/h8,10,14-17,20-23,26-27,52-53H,6-7,9,11-13,18-19,24-25,28-51H2,1-5H3/p+1/b10-8-,16-14-,17-15-,22-20-,23-21-,27-26-. The van der Waals surface area contributed by atoms with Crippen LogP contribution >= 0.6 is 0 Å². The normalized spacial score (nSPS) is 13.5. The molecule has 0 aromatic heterocycles. The Morgan fingerprint density at radius 3 is 1.30 bits per heavy atom. The maximum absolute atomic E-state index is 12.8. The van der Waals surface area contributed by atoms with E-state index >= 15 is 0 Å². The van der Waals surface area contributed by atoms with Gasteiger partial charge < -0.3 is 23.8 Å². The van der Waals surface area contributed by atoms with Crippen LogP contribution in [0.4, 0.5) is 0 Å². The minimum atomic E-state index is -0.878. The third kappa shape index (κ3) is 44.0. The first-order valence-electron chi connectivity index (χ1n) is 26.0. The number of esters is 2. The lowest BCUT2D eigenvalue weighted by Gasteiger charge is -2.31. The molecule has 0 rings (SSSR count). The SMILES string of the molecule is CC/C=C\C/C=C\C/C=C\C/C=C\CCCCCCCCCCC(=O)OC(COCCC(C(=O)O)[N+](C)(C)C)COC(=O)CCCCCCCCCCC/C=C\C/C=C\CCCCC. The fourth-order valence-corrected chi connectivity index (χ4v) is 7.35. The molecule has 2 unspecified atom stereocenters. The van der Waals surface area contributed by atoms with Crippen LogP contribution in [0.3, 0.4) is 0 Å². The number of ether oxygens (including phenoxy) is 3. The van der Waals surface area contributed by atoms with E-state index in [2.05, 4.69) is 86.8 Å². The zero-order valence-corrected chi connectivity index (χ0v) is 42.0. The molecule has 8 heteroatoms. The lowest BCUT2D eigenvalue weighted by Crippen LogP contribution is -2.50. The van der Waals surface area contributed by atoms with Crippen molar-refractivity contribution < 1.29 is 38.2 Å². The number of likely N-dealkylation sites (N-methyl/N-ethyl adjacent to an activating group) is 1. The van der Waals surface area contributed by atoms with Gasteiger partial charge in [0.15, 0.2) is 12.1 Å². The molecule has 0 aliphatic heterocycles. The Morgan fingerprint density at radius 2 is 0.875 bits per heavy atom. The van der Waals surface area contributed by atoms with Gasteiger partial charge in [0.05, 0.1) is 34.4 Å². The lowest BCUT2D eigenvalue weighted by atomic mass is 10.1. The van der Waals surface area contributed by atoms with E-state index in [-0.39, 0.29) is 36.2 Å². The van der Waals surface area contributed by atoms with Crippen LogP contribution in [-0.4, -0.2) is 80.6 Å². The van der Waals surface area contributed by atoms with Crippen molar-refractivity contribution in [2.24, 2.45) is 0 Å². The number of aliphatic carboxylic acids is 1. The van der Waals surface area contributed by atoms with Crippen LogP contribution in [0.2, 0.25) is 0 Å². The van der Waals surface area contributed by atoms with Gasteiger partial charge in [-0.15, -0.1) is 0 Å². The number of nitrogens with zero attached hydrogens (tertiary/aromatic N) is 1. The molecule has 0 aliphatic rings. The van der Waals surface area contributed by atoms with Crippen molar-refractivity contribution in [3.8, 4) is 0 Å². The third-order valence-electron chi connectivity index (χ3n) is 11.3. The predicted octanol–water partition coefficient (Wildman–Crippen LogP) is 15.1. The zero-order chi connectivity index (χ0) is 47.0. The summed E-state index contributed by atoms with van der Waals surface area (Å²) in [6, 6.07) is -0.620. The smallest absolute Gasteiger partial charge is 0.362 e. The van der Waals surface area contributed by atoms with Crippen LogP contribution in [0.5, 0.6) is 0 Å². The lowest BCUT2D eigenvalue weighted by molar-refractivity contribution is -0.887. The van der Waals surface area contributed by atoms with Crippen LogP contribution in [-0.2, 0) is 28.6 Å². The Labute approximate surface area is 393 Å². The molecule has 8 nitrogen and oxygen atoms in total. The maximum Gasteiger partial charge on any atom is 0.362 e. The van der Waals surface area contributed by atoms with Crippen LogP contribution in [0.1, 0.15) is 213 Å². The summed E-state index contributed by atoms with van der Waals surface area (Å²) in [6.07, 6.45) is 59.4. The first-order valence-corrected chi connectivity index (χ1v) is 26.0. The van der Waals surface area contributed by atoms with Gasteiger partial charge in [-0.2, -0.15) is 0 Å². The van der Waals surface area contributed by atoms with Gasteiger partial charge in [0.25, 0.3) is 0 Å². The minimum absolute atomic E-state index is 0.0539. The van der Waals surface area contributed by atoms with Crippen LogP contribution in [0, 0.1) is 0 Å². The van der Waals surface area contributed by atoms with Gasteiger partial charge in [0, 0.05) is 19.3 Å². The molecule has 64 heavy (non-hydrogen) atoms. The van der Waals surface area contributed by atoms with E-state index in [1.807, 2.05) is 21.1 Å². The number of carbonyl (C=O) groups is 3. The van der Waals surface area contributed by atoms with Gasteiger partial charge in [-0.3, -0.25) is 9.59 Å². The highest BCUT2D eigenvalue weighted by atomic mass is 16.6. The molecular weight excluding hydrogens is 799 g/mol. The van der Waals surface area contributed by atoms with E-state index in [1.54, 1.807) is 0 Å². The zero-order valence-electron chi connectivity index (χ0n) is 42.0. The van der Waals surface area contributed by atoms with Crippen LogP contribution in [0.15, 0.2) is 72.9 Å². The van der Waals surface area contributed by atoms with E-state index in [4.69, 9.17) is 14.2 Å². The van der Waals surface area contributed by atoms with Crippen molar-refractivity contribution in [2.45, 2.75) is 225 Å². The molecule has 0 fully saturated rings. The molecule has 368 valence electrons. The van der Waals surface area contributed by atoms with E-state index < -0.39 is 18.1 Å². The molecule has 0 radical (unpaired) electrons. The molecule has 2 atom stereocenters. The Morgan fingerprint density at radius 1 is 0.484 bits per heavy atom. The van der Waals surface area contributed by atoms with Crippen molar-refractivity contribution in [1.29, 1.82) is 0 Å². The molecule has 0 aromatic carbocycles. The number of rotatable bonds is 46. The van der Waals surface area contributed by atoms with Gasteiger partial charge in [0.2, 0.25) is 0 Å². The highest BCUT2D eigenvalue weighted by molar-refractivity contribution is 5.72. The summed E-state index contributed by atoms with van der Waals surface area (Å²) in [7, 11) is 5.53. The van der Waals surface area contributed by atoms with Crippen molar-refractivity contribution in [2.75, 3.05) is 41.0 Å². The Hall–Kier alpha value is -3.23. The Bertz CT molecular complexity index is 1270. The second-order valence-electron chi connectivity index (χ2n) is 18.4. The molecule has 0 amide bonds. The van der Waals surface area contributed by atoms with Crippen molar-refractivity contribution in [1.82, 2.24) is 0 Å². The average Bonchev–Trinajstić information content (AvgIpc) is 3.26. The Kier molecular flexibility index (Phi) is 44.0. The van der Waals surface area contributed by atoms with Gasteiger partial charge in [0.1, 0.15) is 6.61 Å². The number of carbonyl (C=O) groups excluding carboxylic acids is 2. The summed E-state index contributed by atoms with van der Waals surface area (Å²) in [5.41, 5.74) is 0. The van der Waals surface area contributed by atoms with E-state index in [0.29, 0.717) is 19.3 Å². The molecule has 1 N–H and O–H groups in total. The summed E-state index contributed by atoms with van der Waals surface area (Å²) in [4.78, 5) is 37.2. The Balaban J connectivity index is 4.27. The molecule has 0 heterocycles. The molecule has 0 bridgehead atoms. The number of hydrogen-bond donors (Lipinski definition) is 1. The highest BCUT2D eigenvalue weighted by Crippen LogP contribution is 2.15. The molecule has 0 aliphatic carbocycles. The highest BCUT2D eigenvalue weighted by Gasteiger charge is 2.31. The minimum Gasteiger partial charge on any atom is -0.477 e. The summed E-state index contributed by atoms with van der Waals surface area (Å²) < 4.78 is 17.4. The van der Waals surface area contributed by atoms with Crippen LogP contribution < -0.4 is 0 Å². The number of carboxylic acids is 1. The maximum atomic E-state index is 12.8. The van der Waals surface area contributed by atoms with E-state index in [0.717, 1.165) is 77.0 Å². The summed E-state index contributed by atoms with van der Waals surface area (Å²) in [5.74, 6) is -1.48. The van der Waals surface area contributed by atoms with E-state index in [9.17, 15) is 19.5 Å². The van der Waals surface area contributed by atoms with Crippen molar-refractivity contribution in [3.63, 3.8) is 0 Å². The first kappa shape index (κ1) is 60.8. The summed E-state index contributed by atoms with van der Waals surface area (Å²) in [5, 5.41) is 9.66. The summed E-state index contributed by atoms with van der Waals surface area (Å²) >= 11 is 0. The monoisotopic (exact) mass is 897 g/mol. The molecular formula is C56H98NO7+. The van der Waals surface area contributed by atoms with Gasteiger partial charge >= 0.3 is 17.9 Å². The molecule has 0 saturated carbocycles. The number of unbranched alkanes of at least 4 members (excludes halogenated alkanes) is 20. The second-order valence-corrected chi connectivity index (χ2v) is 18.4. The topological polar surface area (TPSA) is 99.1 Å². The fraction of sp³-hybridized carbons (Fsp3) is 0.732. The molecule has 0 saturated heterocycles. The average molecular weight is 897 g/mol. The van der Waals surface area contributed by atoms with Gasteiger partial charge in [-0.25, -0.2) is 4.79 Å². The van der Waals surface area contributed by atoms with Gasteiger partial charge in [-0.05, 0) is 83.5 Å².